The Labute approximate surface area is 101 Å². The van der Waals surface area contributed by atoms with Gasteiger partial charge in [0.2, 0.25) is 5.95 Å². The van der Waals surface area contributed by atoms with Gasteiger partial charge in [0.1, 0.15) is 0 Å². The van der Waals surface area contributed by atoms with Gasteiger partial charge in [-0.1, -0.05) is 0 Å². The van der Waals surface area contributed by atoms with Crippen LogP contribution in [0.4, 0.5) is 5.95 Å². The average Bonchev–Trinajstić information content (AvgIpc) is 3.22. The van der Waals surface area contributed by atoms with Crippen LogP contribution in [-0.4, -0.2) is 53.3 Å². The highest BCUT2D eigenvalue weighted by molar-refractivity contribution is 5.22. The fraction of sp³-hybridized carbons (Fsp3) is 0.667. The molecule has 2 heterocycles. The third-order valence-corrected chi connectivity index (χ3v) is 3.29. The molecule has 5 nitrogen and oxygen atoms in total. The fourth-order valence-corrected chi connectivity index (χ4v) is 2.23. The van der Waals surface area contributed by atoms with Gasteiger partial charge in [-0.05, 0) is 18.9 Å². The van der Waals surface area contributed by atoms with E-state index < -0.39 is 0 Å². The predicted octanol–water partition coefficient (Wildman–Crippen LogP) is 0.752. The third kappa shape index (κ3) is 2.92. The first-order chi connectivity index (χ1) is 8.42. The van der Waals surface area contributed by atoms with Crippen molar-refractivity contribution in [2.75, 3.05) is 31.6 Å². The predicted molar refractivity (Wildman–Crippen MR) is 64.9 cm³/mol. The molecule has 1 aromatic heterocycles. The summed E-state index contributed by atoms with van der Waals surface area (Å²) in [6.45, 7) is 3.75. The second-order valence-electron chi connectivity index (χ2n) is 4.67. The van der Waals surface area contributed by atoms with Crippen molar-refractivity contribution in [1.82, 2.24) is 14.9 Å². The van der Waals surface area contributed by atoms with E-state index in [-0.39, 0.29) is 6.10 Å². The number of nitrogens with one attached hydrogen (secondary N) is 1. The largest absolute Gasteiger partial charge is 0.374 e. The van der Waals surface area contributed by atoms with E-state index in [1.165, 1.54) is 12.8 Å². The van der Waals surface area contributed by atoms with Crippen LogP contribution in [0.5, 0.6) is 0 Å². The summed E-state index contributed by atoms with van der Waals surface area (Å²) >= 11 is 0. The van der Waals surface area contributed by atoms with Crippen LogP contribution in [0.15, 0.2) is 18.5 Å². The summed E-state index contributed by atoms with van der Waals surface area (Å²) in [5.74, 6) is 0.680. The van der Waals surface area contributed by atoms with Gasteiger partial charge in [-0.15, -0.1) is 0 Å². The number of ether oxygens (including phenoxy) is 1. The first-order valence-electron chi connectivity index (χ1n) is 6.28. The molecule has 0 spiro atoms. The van der Waals surface area contributed by atoms with Crippen LogP contribution >= 0.6 is 0 Å². The molecule has 1 aliphatic heterocycles. The highest BCUT2D eigenvalue weighted by atomic mass is 16.5. The van der Waals surface area contributed by atoms with E-state index in [2.05, 4.69) is 20.2 Å². The summed E-state index contributed by atoms with van der Waals surface area (Å²) in [5.41, 5.74) is 0. The second kappa shape index (κ2) is 4.98. The van der Waals surface area contributed by atoms with Gasteiger partial charge in [-0.25, -0.2) is 9.97 Å². The van der Waals surface area contributed by atoms with Crippen molar-refractivity contribution >= 4 is 5.95 Å². The Kier molecular flexibility index (Phi) is 3.20. The number of morpholine rings is 1. The van der Waals surface area contributed by atoms with Crippen molar-refractivity contribution < 1.29 is 4.74 Å². The van der Waals surface area contributed by atoms with Gasteiger partial charge in [-0.3, -0.25) is 4.90 Å². The SMILES string of the molecule is c1cnc(NCC2CN(C3CC3)CCO2)nc1. The Balaban J connectivity index is 1.48. The van der Waals surface area contributed by atoms with E-state index in [0.717, 1.165) is 32.3 Å². The lowest BCUT2D eigenvalue weighted by Gasteiger charge is -2.33. The van der Waals surface area contributed by atoms with E-state index in [1.54, 1.807) is 12.4 Å². The molecule has 0 radical (unpaired) electrons. The van der Waals surface area contributed by atoms with Gasteiger partial charge in [0.25, 0.3) is 0 Å². The van der Waals surface area contributed by atoms with Crippen molar-refractivity contribution in [3.05, 3.63) is 18.5 Å². The molecule has 3 rings (SSSR count). The summed E-state index contributed by atoms with van der Waals surface area (Å²) in [4.78, 5) is 10.8. The van der Waals surface area contributed by atoms with Crippen LogP contribution in [0, 0.1) is 0 Å². The van der Waals surface area contributed by atoms with E-state index in [9.17, 15) is 0 Å². The fourth-order valence-electron chi connectivity index (χ4n) is 2.23. The molecule has 92 valence electrons. The lowest BCUT2D eigenvalue weighted by molar-refractivity contribution is -0.0242. The molecule has 2 aliphatic rings. The number of anilines is 1. The summed E-state index contributed by atoms with van der Waals surface area (Å²) < 4.78 is 5.75. The highest BCUT2D eigenvalue weighted by Gasteiger charge is 2.32. The lowest BCUT2D eigenvalue weighted by atomic mass is 10.2. The maximum absolute atomic E-state index is 5.75. The quantitative estimate of drug-likeness (QED) is 0.833. The molecule has 2 fully saturated rings. The first-order valence-corrected chi connectivity index (χ1v) is 6.28. The van der Waals surface area contributed by atoms with E-state index >= 15 is 0 Å². The average molecular weight is 234 g/mol. The summed E-state index contributed by atoms with van der Waals surface area (Å²) in [7, 11) is 0. The molecular weight excluding hydrogens is 216 g/mol. The number of nitrogens with zero attached hydrogens (tertiary/aromatic N) is 3. The molecule has 1 saturated heterocycles. The molecule has 0 bridgehead atoms. The molecule has 1 N–H and O–H groups in total. The van der Waals surface area contributed by atoms with Crippen molar-refractivity contribution in [2.45, 2.75) is 25.0 Å². The molecule has 1 aromatic rings. The Bertz CT molecular complexity index is 355. The molecule has 17 heavy (non-hydrogen) atoms. The van der Waals surface area contributed by atoms with Gasteiger partial charge in [0, 0.05) is 38.1 Å². The minimum absolute atomic E-state index is 0.258. The highest BCUT2D eigenvalue weighted by Crippen LogP contribution is 2.28. The molecule has 0 aromatic carbocycles. The zero-order chi connectivity index (χ0) is 11.5. The zero-order valence-corrected chi connectivity index (χ0v) is 9.88. The van der Waals surface area contributed by atoms with Crippen LogP contribution in [0.2, 0.25) is 0 Å². The second-order valence-corrected chi connectivity index (χ2v) is 4.67. The Morgan fingerprint density at radius 2 is 2.18 bits per heavy atom. The van der Waals surface area contributed by atoms with Crippen LogP contribution < -0.4 is 5.32 Å². The first kappa shape index (κ1) is 10.9. The van der Waals surface area contributed by atoms with Gasteiger partial charge in [-0.2, -0.15) is 0 Å². The van der Waals surface area contributed by atoms with Gasteiger partial charge in [0.05, 0.1) is 12.7 Å². The summed E-state index contributed by atoms with van der Waals surface area (Å²) in [6.07, 6.45) is 6.47. The third-order valence-electron chi connectivity index (χ3n) is 3.29. The molecule has 1 aliphatic carbocycles. The van der Waals surface area contributed by atoms with E-state index in [1.807, 2.05) is 6.07 Å². The van der Waals surface area contributed by atoms with Crippen molar-refractivity contribution in [3.8, 4) is 0 Å². The minimum Gasteiger partial charge on any atom is -0.374 e. The summed E-state index contributed by atoms with van der Waals surface area (Å²) in [6, 6.07) is 2.64. The zero-order valence-electron chi connectivity index (χ0n) is 9.88. The number of hydrogen-bond donors (Lipinski definition) is 1. The Hall–Kier alpha value is -1.20. The van der Waals surface area contributed by atoms with Crippen LogP contribution in [-0.2, 0) is 4.74 Å². The molecule has 1 atom stereocenters. The number of hydrogen-bond acceptors (Lipinski definition) is 5. The monoisotopic (exact) mass is 234 g/mol. The van der Waals surface area contributed by atoms with E-state index in [0.29, 0.717) is 5.95 Å². The van der Waals surface area contributed by atoms with Crippen molar-refractivity contribution in [1.29, 1.82) is 0 Å². The maximum atomic E-state index is 5.75. The van der Waals surface area contributed by atoms with Gasteiger partial charge >= 0.3 is 0 Å². The molecular formula is C12H18N4O. The normalized spacial score (nSPS) is 25.8. The Morgan fingerprint density at radius 1 is 1.35 bits per heavy atom. The standard InChI is InChI=1S/C12H18N4O/c1-4-13-12(14-5-1)15-8-11-9-16(6-7-17-11)10-2-3-10/h1,4-5,10-11H,2-3,6-9H2,(H,13,14,15). The van der Waals surface area contributed by atoms with E-state index in [4.69, 9.17) is 4.74 Å². The molecule has 0 amide bonds. The lowest BCUT2D eigenvalue weighted by Crippen LogP contribution is -2.46. The number of rotatable bonds is 4. The Morgan fingerprint density at radius 3 is 2.94 bits per heavy atom. The molecule has 5 heteroatoms. The smallest absolute Gasteiger partial charge is 0.222 e. The maximum Gasteiger partial charge on any atom is 0.222 e. The number of aromatic nitrogens is 2. The van der Waals surface area contributed by atoms with Crippen LogP contribution in [0.25, 0.3) is 0 Å². The topological polar surface area (TPSA) is 50.3 Å². The summed E-state index contributed by atoms with van der Waals surface area (Å²) in [5, 5.41) is 3.22. The van der Waals surface area contributed by atoms with Crippen LogP contribution in [0.3, 0.4) is 0 Å². The molecule has 1 saturated carbocycles. The van der Waals surface area contributed by atoms with Crippen LogP contribution in [0.1, 0.15) is 12.8 Å². The van der Waals surface area contributed by atoms with Gasteiger partial charge < -0.3 is 10.1 Å². The molecule has 1 unspecified atom stereocenters. The van der Waals surface area contributed by atoms with Gasteiger partial charge in [0.15, 0.2) is 0 Å². The van der Waals surface area contributed by atoms with Crippen molar-refractivity contribution in [2.24, 2.45) is 0 Å². The minimum atomic E-state index is 0.258. The van der Waals surface area contributed by atoms with Crippen molar-refractivity contribution in [3.63, 3.8) is 0 Å².